The van der Waals surface area contributed by atoms with Crippen LogP contribution in [0, 0.1) is 0 Å². The summed E-state index contributed by atoms with van der Waals surface area (Å²) in [6.45, 7) is 2.84. The van der Waals surface area contributed by atoms with Crippen molar-refractivity contribution in [2.75, 3.05) is 6.61 Å². The summed E-state index contributed by atoms with van der Waals surface area (Å²) in [7, 11) is -3.97. The third kappa shape index (κ3) is 8.72. The van der Waals surface area contributed by atoms with Gasteiger partial charge in [-0.2, -0.15) is 39.5 Å². The number of sulfonamides is 1. The minimum absolute atomic E-state index is 0.0427. The number of rotatable bonds is 7. The molecule has 0 atom stereocenters. The molecule has 0 radical (unpaired) electrons. The molecule has 7 nitrogen and oxygen atoms in total. The Kier molecular flexibility index (Phi) is 9.16. The van der Waals surface area contributed by atoms with Crippen molar-refractivity contribution in [3.8, 4) is 39.7 Å². The molecule has 2 heterocycles. The number of aromatic nitrogens is 3. The summed E-state index contributed by atoms with van der Waals surface area (Å²) in [5, 5.41) is 0. The van der Waals surface area contributed by atoms with E-state index >= 15 is 0 Å². The predicted molar refractivity (Wildman–Crippen MR) is 148 cm³/mol. The third-order valence-corrected chi connectivity index (χ3v) is 7.65. The van der Waals surface area contributed by atoms with Gasteiger partial charge in [-0.1, -0.05) is 18.2 Å². The second kappa shape index (κ2) is 12.2. The van der Waals surface area contributed by atoms with E-state index in [0.717, 1.165) is 6.07 Å². The van der Waals surface area contributed by atoms with Gasteiger partial charge in [0.15, 0.2) is 12.4 Å². The van der Waals surface area contributed by atoms with Crippen LogP contribution in [0.3, 0.4) is 0 Å². The first-order chi connectivity index (χ1) is 21.0. The lowest BCUT2D eigenvalue weighted by atomic mass is 10.1. The number of halogens is 9. The predicted octanol–water partition coefficient (Wildman–Crippen LogP) is 7.93. The molecule has 4 rings (SSSR count). The van der Waals surface area contributed by atoms with Crippen LogP contribution in [0.1, 0.15) is 32.0 Å². The first kappa shape index (κ1) is 34.6. The molecular weight excluding hydrogens is 655 g/mol. The van der Waals surface area contributed by atoms with Gasteiger partial charge in [0.05, 0.1) is 21.8 Å². The van der Waals surface area contributed by atoms with Gasteiger partial charge in [0.25, 0.3) is 0 Å². The largest absolute Gasteiger partial charge is 0.483 e. The molecule has 0 fully saturated rings. The van der Waals surface area contributed by atoms with Crippen LogP contribution in [0.4, 0.5) is 39.5 Å². The average molecular weight is 679 g/mol. The maximum absolute atomic E-state index is 13.9. The molecule has 246 valence electrons. The summed E-state index contributed by atoms with van der Waals surface area (Å²) in [6.07, 6.45) is -14.0. The Labute approximate surface area is 256 Å². The van der Waals surface area contributed by atoms with E-state index in [1.165, 1.54) is 42.6 Å². The molecular formula is C29H23F9N4O3S. The lowest BCUT2D eigenvalue weighted by Gasteiger charge is -2.20. The fraction of sp³-hybridized carbons (Fsp3) is 0.276. The van der Waals surface area contributed by atoms with Crippen molar-refractivity contribution in [1.82, 2.24) is 19.7 Å². The fourth-order valence-corrected chi connectivity index (χ4v) is 5.54. The minimum Gasteiger partial charge on any atom is -0.483 e. The molecule has 0 aliphatic carbocycles. The number of ether oxygens (including phenoxy) is 1. The Morgan fingerprint density at radius 1 is 0.739 bits per heavy atom. The van der Waals surface area contributed by atoms with Crippen molar-refractivity contribution in [2.45, 2.75) is 49.7 Å². The minimum atomic E-state index is -5.14. The number of benzene rings is 2. The van der Waals surface area contributed by atoms with Gasteiger partial charge in [-0.3, -0.25) is 4.98 Å². The number of pyridine rings is 1. The van der Waals surface area contributed by atoms with E-state index in [0.29, 0.717) is 18.2 Å². The molecule has 46 heavy (non-hydrogen) atoms. The summed E-state index contributed by atoms with van der Waals surface area (Å²) < 4.78 is 153. The SMILES string of the molecule is CC(C)(C)NS(=O)(=O)c1cccc(-c2cc(-c3nc(-c4ccc(C(F)(F)F)c(OCC(F)(F)F)c4)cc(C(F)(F)F)n3)ccn2)c1. The molecule has 0 unspecified atom stereocenters. The highest BCUT2D eigenvalue weighted by Crippen LogP contribution is 2.40. The third-order valence-electron chi connectivity index (χ3n) is 5.89. The average Bonchev–Trinajstić information content (AvgIpc) is 2.93. The fourth-order valence-electron chi connectivity index (χ4n) is 4.08. The molecule has 2 aromatic carbocycles. The van der Waals surface area contributed by atoms with Crippen LogP contribution in [0.25, 0.3) is 33.9 Å². The quantitative estimate of drug-likeness (QED) is 0.200. The van der Waals surface area contributed by atoms with Crippen LogP contribution >= 0.6 is 0 Å². The van der Waals surface area contributed by atoms with Crippen LogP contribution in [0.15, 0.2) is 71.8 Å². The van der Waals surface area contributed by atoms with Gasteiger partial charge in [0, 0.05) is 28.4 Å². The van der Waals surface area contributed by atoms with E-state index in [-0.39, 0.29) is 21.7 Å². The molecule has 1 N–H and O–H groups in total. The summed E-state index contributed by atoms with van der Waals surface area (Å²) in [5.74, 6) is -1.82. The van der Waals surface area contributed by atoms with E-state index in [1.807, 2.05) is 0 Å². The highest BCUT2D eigenvalue weighted by molar-refractivity contribution is 7.89. The van der Waals surface area contributed by atoms with E-state index in [9.17, 15) is 47.9 Å². The second-order valence-electron chi connectivity index (χ2n) is 10.9. The van der Waals surface area contributed by atoms with Crippen LogP contribution in [-0.4, -0.2) is 41.7 Å². The highest BCUT2D eigenvalue weighted by Gasteiger charge is 2.37. The summed E-state index contributed by atoms with van der Waals surface area (Å²) in [6, 6.07) is 10.1. The molecule has 0 spiro atoms. The van der Waals surface area contributed by atoms with Gasteiger partial charge in [0.2, 0.25) is 10.0 Å². The van der Waals surface area contributed by atoms with Crippen LogP contribution in [-0.2, 0) is 22.4 Å². The molecule has 0 saturated heterocycles. The van der Waals surface area contributed by atoms with Crippen molar-refractivity contribution in [2.24, 2.45) is 0 Å². The molecule has 17 heteroatoms. The van der Waals surface area contributed by atoms with E-state index in [2.05, 4.69) is 24.4 Å². The normalized spacial score (nSPS) is 13.1. The second-order valence-corrected chi connectivity index (χ2v) is 12.6. The monoisotopic (exact) mass is 678 g/mol. The van der Waals surface area contributed by atoms with Crippen molar-refractivity contribution in [1.29, 1.82) is 0 Å². The first-order valence-corrected chi connectivity index (χ1v) is 14.5. The van der Waals surface area contributed by atoms with Gasteiger partial charge >= 0.3 is 18.5 Å². The zero-order chi connectivity index (χ0) is 34.3. The Balaban J connectivity index is 1.82. The van der Waals surface area contributed by atoms with Crippen molar-refractivity contribution < 1.29 is 52.7 Å². The van der Waals surface area contributed by atoms with E-state index < -0.39 is 74.8 Å². The van der Waals surface area contributed by atoms with Crippen LogP contribution in [0.2, 0.25) is 0 Å². The smallest absolute Gasteiger partial charge is 0.433 e. The summed E-state index contributed by atoms with van der Waals surface area (Å²) >= 11 is 0. The number of nitrogens with zero attached hydrogens (tertiary/aromatic N) is 3. The molecule has 0 bridgehead atoms. The van der Waals surface area contributed by atoms with Gasteiger partial charge < -0.3 is 4.74 Å². The number of hydrogen-bond donors (Lipinski definition) is 1. The van der Waals surface area contributed by atoms with E-state index in [4.69, 9.17) is 0 Å². The maximum Gasteiger partial charge on any atom is 0.433 e. The Morgan fingerprint density at radius 3 is 2.02 bits per heavy atom. The molecule has 0 aliphatic rings. The number of alkyl halides is 9. The van der Waals surface area contributed by atoms with Gasteiger partial charge in [-0.25, -0.2) is 23.1 Å². The topological polar surface area (TPSA) is 94.1 Å². The highest BCUT2D eigenvalue weighted by atomic mass is 32.2. The van der Waals surface area contributed by atoms with Gasteiger partial charge in [-0.15, -0.1) is 0 Å². The molecule has 0 saturated carbocycles. The molecule has 4 aromatic rings. The zero-order valence-corrected chi connectivity index (χ0v) is 24.8. The maximum atomic E-state index is 13.9. The Morgan fingerprint density at radius 2 is 1.41 bits per heavy atom. The number of nitrogens with one attached hydrogen (secondary N) is 1. The summed E-state index contributed by atoms with van der Waals surface area (Å²) in [5.41, 5.74) is -4.52. The van der Waals surface area contributed by atoms with Crippen molar-refractivity contribution >= 4 is 10.0 Å². The molecule has 0 aliphatic heterocycles. The zero-order valence-electron chi connectivity index (χ0n) is 23.9. The van der Waals surface area contributed by atoms with E-state index in [1.54, 1.807) is 20.8 Å². The lowest BCUT2D eigenvalue weighted by Crippen LogP contribution is -2.40. The standard InChI is InChI=1S/C29H23F9N4O3S/c1-26(2,3)42-46(43,44)19-6-4-5-16(11-19)21-12-18(9-10-39-21)25-40-22(14-24(41-25)29(36,37)38)17-7-8-20(28(33,34)35)23(13-17)45-15-27(30,31)32/h4-14,42H,15H2,1-3H3. The first-order valence-electron chi connectivity index (χ1n) is 13.0. The van der Waals surface area contributed by atoms with Crippen molar-refractivity contribution in [3.63, 3.8) is 0 Å². The molecule has 2 aromatic heterocycles. The van der Waals surface area contributed by atoms with Crippen LogP contribution < -0.4 is 9.46 Å². The molecule has 0 amide bonds. The Bertz CT molecular complexity index is 1850. The van der Waals surface area contributed by atoms with Crippen molar-refractivity contribution in [3.05, 3.63) is 78.1 Å². The van der Waals surface area contributed by atoms with Gasteiger partial charge in [-0.05, 0) is 63.2 Å². The lowest BCUT2D eigenvalue weighted by molar-refractivity contribution is -0.158. The number of hydrogen-bond acceptors (Lipinski definition) is 6. The Hall–Kier alpha value is -4.25. The summed E-state index contributed by atoms with van der Waals surface area (Å²) in [4.78, 5) is 11.7. The van der Waals surface area contributed by atoms with Gasteiger partial charge in [0.1, 0.15) is 11.4 Å². The van der Waals surface area contributed by atoms with Crippen LogP contribution in [0.5, 0.6) is 5.75 Å².